The van der Waals surface area contributed by atoms with Crippen LogP contribution in [-0.2, 0) is 20.0 Å². The lowest BCUT2D eigenvalue weighted by atomic mass is 10.3. The van der Waals surface area contributed by atoms with Gasteiger partial charge in [-0.3, -0.25) is 9.36 Å². The lowest BCUT2D eigenvalue weighted by Gasteiger charge is -2.15. The van der Waals surface area contributed by atoms with E-state index in [0.29, 0.717) is 0 Å². The van der Waals surface area contributed by atoms with Gasteiger partial charge in [0.2, 0.25) is 0 Å². The Morgan fingerprint density at radius 3 is 2.86 bits per heavy atom. The molecule has 8 nitrogen and oxygen atoms in total. The van der Waals surface area contributed by atoms with Crippen molar-refractivity contribution in [2.45, 2.75) is 39.3 Å². The first kappa shape index (κ1) is 14.4. The highest BCUT2D eigenvalue weighted by atomic mass is 15.3. The van der Waals surface area contributed by atoms with Crippen LogP contribution in [0.5, 0.6) is 0 Å². The predicted octanol–water partition coefficient (Wildman–Crippen LogP) is 1.41. The molecule has 0 amide bonds. The molecule has 3 aromatic rings. The van der Waals surface area contributed by atoms with Crippen LogP contribution in [0.15, 0.2) is 18.9 Å². The average molecular weight is 300 g/mol. The van der Waals surface area contributed by atoms with E-state index in [-0.39, 0.29) is 6.04 Å². The molecule has 0 spiro atoms. The van der Waals surface area contributed by atoms with E-state index in [1.807, 2.05) is 7.05 Å². The van der Waals surface area contributed by atoms with Crippen molar-refractivity contribution in [3.05, 3.63) is 24.7 Å². The Labute approximate surface area is 128 Å². The van der Waals surface area contributed by atoms with Gasteiger partial charge in [-0.25, -0.2) is 15.0 Å². The standard InChI is InChI=1S/C14H20N8/c1-4-5-12-19-13(11-6-16-21(3)14(11)20-12)18-10(2)7-22-9-15-8-17-22/h6,8-10H,4-5,7H2,1-3H3,(H,18,19,20). The van der Waals surface area contributed by atoms with Crippen LogP contribution < -0.4 is 5.32 Å². The minimum absolute atomic E-state index is 0.162. The molecule has 8 heteroatoms. The first-order valence-corrected chi connectivity index (χ1v) is 7.45. The zero-order chi connectivity index (χ0) is 15.5. The molecule has 22 heavy (non-hydrogen) atoms. The third kappa shape index (κ3) is 2.90. The van der Waals surface area contributed by atoms with Gasteiger partial charge in [-0.05, 0) is 13.3 Å². The summed E-state index contributed by atoms with van der Waals surface area (Å²) in [5.41, 5.74) is 0.855. The van der Waals surface area contributed by atoms with Crippen molar-refractivity contribution in [3.63, 3.8) is 0 Å². The Morgan fingerprint density at radius 1 is 1.27 bits per heavy atom. The third-order valence-corrected chi connectivity index (χ3v) is 3.42. The second-order valence-corrected chi connectivity index (χ2v) is 5.41. The predicted molar refractivity (Wildman–Crippen MR) is 83.4 cm³/mol. The summed E-state index contributed by atoms with van der Waals surface area (Å²) >= 11 is 0. The summed E-state index contributed by atoms with van der Waals surface area (Å²) in [7, 11) is 1.90. The Bertz CT molecular complexity index is 746. The Morgan fingerprint density at radius 2 is 2.14 bits per heavy atom. The van der Waals surface area contributed by atoms with Gasteiger partial charge in [0, 0.05) is 19.5 Å². The molecule has 0 fully saturated rings. The summed E-state index contributed by atoms with van der Waals surface area (Å²) in [4.78, 5) is 13.2. The van der Waals surface area contributed by atoms with Gasteiger partial charge in [0.05, 0.1) is 18.1 Å². The average Bonchev–Trinajstić information content (AvgIpc) is 3.10. The van der Waals surface area contributed by atoms with Gasteiger partial charge >= 0.3 is 0 Å². The van der Waals surface area contributed by atoms with Crippen molar-refractivity contribution < 1.29 is 0 Å². The van der Waals surface area contributed by atoms with E-state index >= 15 is 0 Å². The van der Waals surface area contributed by atoms with Gasteiger partial charge in [0.1, 0.15) is 24.3 Å². The maximum absolute atomic E-state index is 4.65. The molecule has 1 N–H and O–H groups in total. The highest BCUT2D eigenvalue weighted by Crippen LogP contribution is 2.21. The van der Waals surface area contributed by atoms with Crippen LogP contribution in [0.3, 0.4) is 0 Å². The number of hydrogen-bond acceptors (Lipinski definition) is 6. The van der Waals surface area contributed by atoms with Crippen molar-refractivity contribution in [2.24, 2.45) is 7.05 Å². The van der Waals surface area contributed by atoms with E-state index < -0.39 is 0 Å². The largest absolute Gasteiger partial charge is 0.365 e. The third-order valence-electron chi connectivity index (χ3n) is 3.42. The number of nitrogens with zero attached hydrogens (tertiary/aromatic N) is 7. The zero-order valence-electron chi connectivity index (χ0n) is 13.1. The van der Waals surface area contributed by atoms with E-state index in [1.54, 1.807) is 21.9 Å². The Balaban J connectivity index is 1.88. The minimum atomic E-state index is 0.162. The van der Waals surface area contributed by atoms with Crippen LogP contribution in [0.4, 0.5) is 5.82 Å². The molecule has 0 aliphatic rings. The Hall–Kier alpha value is -2.51. The van der Waals surface area contributed by atoms with Gasteiger partial charge in [0.15, 0.2) is 5.65 Å². The van der Waals surface area contributed by atoms with E-state index in [0.717, 1.165) is 42.1 Å². The van der Waals surface area contributed by atoms with Crippen molar-refractivity contribution in [3.8, 4) is 0 Å². The normalized spacial score (nSPS) is 12.7. The van der Waals surface area contributed by atoms with Crippen molar-refractivity contribution in [1.29, 1.82) is 0 Å². The summed E-state index contributed by atoms with van der Waals surface area (Å²) in [6, 6.07) is 0.162. The maximum Gasteiger partial charge on any atom is 0.163 e. The second-order valence-electron chi connectivity index (χ2n) is 5.41. The van der Waals surface area contributed by atoms with Crippen molar-refractivity contribution in [1.82, 2.24) is 34.5 Å². The smallest absolute Gasteiger partial charge is 0.163 e. The fourth-order valence-corrected chi connectivity index (χ4v) is 2.40. The zero-order valence-corrected chi connectivity index (χ0v) is 13.1. The molecule has 0 saturated carbocycles. The molecule has 0 aliphatic carbocycles. The number of nitrogens with one attached hydrogen (secondary N) is 1. The second kappa shape index (κ2) is 6.08. The molecule has 0 bridgehead atoms. The summed E-state index contributed by atoms with van der Waals surface area (Å²) in [5, 5.41) is 12.8. The maximum atomic E-state index is 4.65. The topological polar surface area (TPSA) is 86.3 Å². The van der Waals surface area contributed by atoms with Crippen LogP contribution in [0, 0.1) is 0 Å². The summed E-state index contributed by atoms with van der Waals surface area (Å²) < 4.78 is 3.58. The minimum Gasteiger partial charge on any atom is -0.365 e. The fraction of sp³-hybridized carbons (Fsp3) is 0.500. The monoisotopic (exact) mass is 300 g/mol. The molecule has 1 unspecified atom stereocenters. The number of rotatable bonds is 6. The molecule has 0 radical (unpaired) electrons. The van der Waals surface area contributed by atoms with E-state index in [9.17, 15) is 0 Å². The number of anilines is 1. The summed E-state index contributed by atoms with van der Waals surface area (Å²) in [6.45, 7) is 4.93. The lowest BCUT2D eigenvalue weighted by Crippen LogP contribution is -2.23. The van der Waals surface area contributed by atoms with Crippen molar-refractivity contribution in [2.75, 3.05) is 5.32 Å². The van der Waals surface area contributed by atoms with Gasteiger partial charge in [-0.2, -0.15) is 10.2 Å². The molecule has 0 aliphatic heterocycles. The van der Waals surface area contributed by atoms with Crippen LogP contribution in [0.25, 0.3) is 11.0 Å². The highest BCUT2D eigenvalue weighted by Gasteiger charge is 2.13. The van der Waals surface area contributed by atoms with Gasteiger partial charge in [-0.1, -0.05) is 6.92 Å². The molecule has 1 atom stereocenters. The molecule has 3 rings (SSSR count). The highest BCUT2D eigenvalue weighted by molar-refractivity contribution is 5.86. The van der Waals surface area contributed by atoms with Crippen LogP contribution in [0.2, 0.25) is 0 Å². The Kier molecular flexibility index (Phi) is 3.99. The lowest BCUT2D eigenvalue weighted by molar-refractivity contribution is 0.558. The quantitative estimate of drug-likeness (QED) is 0.740. The first-order valence-electron chi connectivity index (χ1n) is 7.45. The molecular weight excluding hydrogens is 280 g/mol. The van der Waals surface area contributed by atoms with Crippen molar-refractivity contribution >= 4 is 16.9 Å². The number of aromatic nitrogens is 7. The number of aryl methyl sites for hydroxylation is 2. The van der Waals surface area contributed by atoms with Crippen LogP contribution in [-0.4, -0.2) is 40.6 Å². The molecule has 116 valence electrons. The molecule has 3 aromatic heterocycles. The number of hydrogen-bond donors (Lipinski definition) is 1. The van der Waals surface area contributed by atoms with E-state index in [4.69, 9.17) is 0 Å². The summed E-state index contributed by atoms with van der Waals surface area (Å²) in [5.74, 6) is 1.67. The van der Waals surface area contributed by atoms with Gasteiger partial charge in [0.25, 0.3) is 0 Å². The molecule has 0 saturated heterocycles. The fourth-order valence-electron chi connectivity index (χ4n) is 2.40. The summed E-state index contributed by atoms with van der Waals surface area (Å²) in [6.07, 6.45) is 6.91. The van der Waals surface area contributed by atoms with Gasteiger partial charge < -0.3 is 5.32 Å². The van der Waals surface area contributed by atoms with Gasteiger partial charge in [-0.15, -0.1) is 0 Å². The van der Waals surface area contributed by atoms with Crippen LogP contribution >= 0.6 is 0 Å². The van der Waals surface area contributed by atoms with E-state index in [1.165, 1.54) is 6.33 Å². The number of fused-ring (bicyclic) bond motifs is 1. The molecular formula is C14H20N8. The molecule has 3 heterocycles. The van der Waals surface area contributed by atoms with Crippen LogP contribution in [0.1, 0.15) is 26.1 Å². The molecule has 0 aromatic carbocycles. The van der Waals surface area contributed by atoms with E-state index in [2.05, 4.69) is 44.3 Å². The first-order chi connectivity index (χ1) is 10.7. The SMILES string of the molecule is CCCc1nc(NC(C)Cn2cncn2)c2cnn(C)c2n1.